The zero-order valence-corrected chi connectivity index (χ0v) is 8.25. The molecule has 0 aliphatic rings. The van der Waals surface area contributed by atoms with Crippen molar-refractivity contribution < 1.29 is 0 Å². The summed E-state index contributed by atoms with van der Waals surface area (Å²) < 4.78 is 0. The topological polar surface area (TPSA) is 12.9 Å². The van der Waals surface area contributed by atoms with Crippen LogP contribution in [0.15, 0.2) is 12.1 Å². The van der Waals surface area contributed by atoms with Crippen molar-refractivity contribution in [2.24, 2.45) is 0 Å². The van der Waals surface area contributed by atoms with E-state index in [4.69, 9.17) is 0 Å². The first-order valence-corrected chi connectivity index (χ1v) is 4.75. The van der Waals surface area contributed by atoms with Gasteiger partial charge in [-0.2, -0.15) is 0 Å². The highest BCUT2D eigenvalue weighted by Gasteiger charge is 1.98. The Balaban J connectivity index is 3.06. The average molecular weight is 167 g/mol. The summed E-state index contributed by atoms with van der Waals surface area (Å²) in [6, 6.07) is 4.23. The molecule has 0 amide bonds. The molecular formula is C9H14NP. The molecule has 1 unspecified atom stereocenters. The highest BCUT2D eigenvalue weighted by atomic mass is 31.0. The minimum absolute atomic E-state index is 1.01. The summed E-state index contributed by atoms with van der Waals surface area (Å²) in [7, 11) is 2.73. The second-order valence-electron chi connectivity index (χ2n) is 2.62. The first-order chi connectivity index (χ1) is 5.27. The Morgan fingerprint density at radius 1 is 1.45 bits per heavy atom. The first kappa shape index (κ1) is 8.67. The average Bonchev–Trinajstić information content (AvgIpc) is 2.04. The van der Waals surface area contributed by atoms with Crippen LogP contribution in [0.1, 0.15) is 23.9 Å². The van der Waals surface area contributed by atoms with E-state index >= 15 is 0 Å². The van der Waals surface area contributed by atoms with Crippen molar-refractivity contribution in [2.45, 2.75) is 26.4 Å². The summed E-state index contributed by atoms with van der Waals surface area (Å²) in [5, 5.41) is 0. The van der Waals surface area contributed by atoms with Crippen molar-refractivity contribution in [1.82, 2.24) is 4.98 Å². The van der Waals surface area contributed by atoms with Gasteiger partial charge in [0, 0.05) is 11.4 Å². The minimum atomic E-state index is 1.01. The summed E-state index contributed by atoms with van der Waals surface area (Å²) in [6.45, 7) is 4.18. The molecule has 0 saturated carbocycles. The summed E-state index contributed by atoms with van der Waals surface area (Å²) in [6.07, 6.45) is 2.04. The Labute approximate surface area is 70.4 Å². The lowest BCUT2D eigenvalue weighted by atomic mass is 10.1. The zero-order chi connectivity index (χ0) is 8.27. The first-order valence-electron chi connectivity index (χ1n) is 3.93. The summed E-state index contributed by atoms with van der Waals surface area (Å²) in [4.78, 5) is 4.45. The largest absolute Gasteiger partial charge is 0.258 e. The molecule has 0 aromatic carbocycles. The van der Waals surface area contributed by atoms with Gasteiger partial charge in [-0.3, -0.25) is 4.98 Å². The molecule has 0 bridgehead atoms. The number of hydrogen-bond donors (Lipinski definition) is 0. The van der Waals surface area contributed by atoms with Gasteiger partial charge >= 0.3 is 0 Å². The fraction of sp³-hybridized carbons (Fsp3) is 0.444. The van der Waals surface area contributed by atoms with E-state index in [0.717, 1.165) is 18.3 Å². The monoisotopic (exact) mass is 167 g/mol. The van der Waals surface area contributed by atoms with Crippen LogP contribution in [0, 0.1) is 6.92 Å². The van der Waals surface area contributed by atoms with E-state index in [0.29, 0.717) is 0 Å². The Kier molecular flexibility index (Phi) is 3.02. The van der Waals surface area contributed by atoms with Crippen LogP contribution in [0.4, 0.5) is 0 Å². The second-order valence-corrected chi connectivity index (χ2v) is 3.02. The molecule has 1 aromatic rings. The van der Waals surface area contributed by atoms with E-state index in [1.165, 1.54) is 11.3 Å². The highest BCUT2D eigenvalue weighted by Crippen LogP contribution is 2.11. The Morgan fingerprint density at radius 3 is 2.73 bits per heavy atom. The number of pyridine rings is 1. The van der Waals surface area contributed by atoms with E-state index in [1.54, 1.807) is 0 Å². The molecule has 11 heavy (non-hydrogen) atoms. The van der Waals surface area contributed by atoms with Crippen molar-refractivity contribution >= 4 is 9.24 Å². The Hall–Kier alpha value is -0.420. The Morgan fingerprint density at radius 2 is 2.18 bits per heavy atom. The van der Waals surface area contributed by atoms with Gasteiger partial charge in [0.15, 0.2) is 0 Å². The zero-order valence-electron chi connectivity index (χ0n) is 7.09. The van der Waals surface area contributed by atoms with Crippen LogP contribution in [0.3, 0.4) is 0 Å². The maximum atomic E-state index is 4.45. The second kappa shape index (κ2) is 3.82. The normalized spacial score (nSPS) is 10.1. The highest BCUT2D eigenvalue weighted by molar-refractivity contribution is 7.15. The van der Waals surface area contributed by atoms with E-state index in [1.807, 2.05) is 6.92 Å². The molecule has 0 radical (unpaired) electrons. The van der Waals surface area contributed by atoms with Crippen molar-refractivity contribution in [3.8, 4) is 0 Å². The summed E-state index contributed by atoms with van der Waals surface area (Å²) in [5.74, 6) is 0. The quantitative estimate of drug-likeness (QED) is 0.616. The van der Waals surface area contributed by atoms with E-state index in [-0.39, 0.29) is 0 Å². The van der Waals surface area contributed by atoms with Crippen LogP contribution in [-0.2, 0) is 12.6 Å². The molecule has 0 saturated heterocycles. The van der Waals surface area contributed by atoms with Crippen LogP contribution in [0.5, 0.6) is 0 Å². The summed E-state index contributed by atoms with van der Waals surface area (Å²) >= 11 is 0. The van der Waals surface area contributed by atoms with E-state index in [9.17, 15) is 0 Å². The number of hydrogen-bond acceptors (Lipinski definition) is 1. The van der Waals surface area contributed by atoms with Crippen molar-refractivity contribution in [3.63, 3.8) is 0 Å². The lowest BCUT2D eigenvalue weighted by Gasteiger charge is -2.04. The molecular weight excluding hydrogens is 153 g/mol. The number of aromatic nitrogens is 1. The molecule has 0 aliphatic carbocycles. The lowest BCUT2D eigenvalue weighted by molar-refractivity contribution is 0.977. The van der Waals surface area contributed by atoms with Crippen LogP contribution in [0.25, 0.3) is 0 Å². The van der Waals surface area contributed by atoms with Gasteiger partial charge in [0.05, 0.1) is 0 Å². The molecule has 60 valence electrons. The third-order valence-corrected chi connectivity index (χ3v) is 2.20. The van der Waals surface area contributed by atoms with Crippen LogP contribution < -0.4 is 0 Å². The fourth-order valence-corrected chi connectivity index (χ4v) is 1.50. The Bertz CT molecular complexity index is 245. The van der Waals surface area contributed by atoms with Crippen molar-refractivity contribution in [2.75, 3.05) is 0 Å². The van der Waals surface area contributed by atoms with E-state index < -0.39 is 0 Å². The van der Waals surface area contributed by atoms with Crippen LogP contribution >= 0.6 is 9.24 Å². The van der Waals surface area contributed by atoms with Gasteiger partial charge in [0.1, 0.15) is 0 Å². The molecule has 1 nitrogen and oxygen atoms in total. The smallest absolute Gasteiger partial charge is 0.0439 e. The van der Waals surface area contributed by atoms with Gasteiger partial charge in [-0.15, -0.1) is 9.24 Å². The van der Waals surface area contributed by atoms with Gasteiger partial charge in [-0.1, -0.05) is 13.0 Å². The van der Waals surface area contributed by atoms with Crippen molar-refractivity contribution in [3.05, 3.63) is 29.1 Å². The molecule has 1 heterocycles. The predicted molar refractivity (Wildman–Crippen MR) is 51.8 cm³/mol. The van der Waals surface area contributed by atoms with Gasteiger partial charge in [-0.25, -0.2) is 0 Å². The fourth-order valence-electron chi connectivity index (χ4n) is 1.13. The van der Waals surface area contributed by atoms with Crippen molar-refractivity contribution in [1.29, 1.82) is 0 Å². The van der Waals surface area contributed by atoms with Gasteiger partial charge in [-0.05, 0) is 31.1 Å². The number of rotatable bonds is 2. The van der Waals surface area contributed by atoms with Crippen LogP contribution in [0.2, 0.25) is 0 Å². The van der Waals surface area contributed by atoms with E-state index in [2.05, 4.69) is 33.3 Å². The maximum Gasteiger partial charge on any atom is 0.0439 e. The minimum Gasteiger partial charge on any atom is -0.258 e. The molecule has 1 rings (SSSR count). The maximum absolute atomic E-state index is 4.45. The number of aryl methyl sites for hydroxylation is 2. The number of nitrogens with zero attached hydrogens (tertiary/aromatic N) is 1. The molecule has 2 heteroatoms. The molecule has 0 fully saturated rings. The standard InChI is InChI=1S/C9H14NP/c1-3-9-8(6-11)5-4-7(2)10-9/h4-5H,3,6,11H2,1-2H3. The van der Waals surface area contributed by atoms with Gasteiger partial charge in [0.25, 0.3) is 0 Å². The predicted octanol–water partition coefficient (Wildman–Crippen LogP) is 2.33. The van der Waals surface area contributed by atoms with Gasteiger partial charge < -0.3 is 0 Å². The van der Waals surface area contributed by atoms with Gasteiger partial charge in [0.2, 0.25) is 0 Å². The van der Waals surface area contributed by atoms with Crippen LogP contribution in [-0.4, -0.2) is 4.98 Å². The molecule has 0 aliphatic heterocycles. The molecule has 0 N–H and O–H groups in total. The molecule has 1 aromatic heterocycles. The third kappa shape index (κ3) is 2.00. The summed E-state index contributed by atoms with van der Waals surface area (Å²) in [5.41, 5.74) is 3.70. The lowest BCUT2D eigenvalue weighted by Crippen LogP contribution is -1.95. The molecule has 1 atom stereocenters. The molecule has 0 spiro atoms. The third-order valence-electron chi connectivity index (χ3n) is 1.76. The SMILES string of the molecule is CCc1nc(C)ccc1CP.